The van der Waals surface area contributed by atoms with Gasteiger partial charge in [0.25, 0.3) is 0 Å². The Balaban J connectivity index is 1.04. The summed E-state index contributed by atoms with van der Waals surface area (Å²) in [4.78, 5) is 20.0. The van der Waals surface area contributed by atoms with Crippen molar-refractivity contribution in [2.24, 2.45) is 0 Å². The van der Waals surface area contributed by atoms with Crippen LogP contribution in [-0.4, -0.2) is 19.9 Å². The quantitative estimate of drug-likeness (QED) is 0.154. The van der Waals surface area contributed by atoms with Crippen molar-refractivity contribution < 1.29 is 0 Å². The van der Waals surface area contributed by atoms with Crippen LogP contribution in [0.15, 0.2) is 206 Å². The lowest BCUT2D eigenvalue weighted by atomic mass is 9.91. The molecule has 2 aromatic heterocycles. The summed E-state index contributed by atoms with van der Waals surface area (Å²) in [6, 6.07) is 71.8. The molecule has 56 heavy (non-hydrogen) atoms. The second kappa shape index (κ2) is 14.3. The first-order valence-electron chi connectivity index (χ1n) is 18.8. The van der Waals surface area contributed by atoms with Gasteiger partial charge in [0.1, 0.15) is 0 Å². The van der Waals surface area contributed by atoms with Gasteiger partial charge in [0.05, 0.1) is 11.2 Å². The van der Waals surface area contributed by atoms with Crippen LogP contribution in [0.2, 0.25) is 0 Å². The van der Waals surface area contributed by atoms with Crippen molar-refractivity contribution in [3.8, 4) is 78.8 Å². The molecule has 0 saturated carbocycles. The first kappa shape index (κ1) is 33.0. The first-order chi connectivity index (χ1) is 27.7. The smallest absolute Gasteiger partial charge is 0.164 e. The van der Waals surface area contributed by atoms with Gasteiger partial charge in [0, 0.05) is 38.4 Å². The molecule has 4 heteroatoms. The lowest BCUT2D eigenvalue weighted by Crippen LogP contribution is -2.00. The fraction of sp³-hybridized carbons (Fsp3) is 0. The molecular formula is C52H34N4. The van der Waals surface area contributed by atoms with Gasteiger partial charge in [0.15, 0.2) is 17.5 Å². The summed E-state index contributed by atoms with van der Waals surface area (Å²) in [5, 5.41) is 3.49. The molecule has 262 valence electrons. The number of pyridine rings is 1. The Morgan fingerprint density at radius 3 is 1.29 bits per heavy atom. The van der Waals surface area contributed by atoms with Crippen LogP contribution in [0, 0.1) is 0 Å². The highest BCUT2D eigenvalue weighted by Gasteiger charge is 2.16. The third-order valence-electron chi connectivity index (χ3n) is 10.3. The Hall–Kier alpha value is -7.56. The monoisotopic (exact) mass is 714 g/mol. The van der Waals surface area contributed by atoms with E-state index >= 15 is 0 Å². The summed E-state index contributed by atoms with van der Waals surface area (Å²) in [6.45, 7) is 0. The molecule has 0 bridgehead atoms. The molecule has 8 aromatic carbocycles. The van der Waals surface area contributed by atoms with E-state index in [1.54, 1.807) is 0 Å². The van der Waals surface area contributed by atoms with E-state index in [2.05, 4.69) is 146 Å². The molecule has 0 N–H and O–H groups in total. The van der Waals surface area contributed by atoms with Crippen molar-refractivity contribution in [2.45, 2.75) is 0 Å². The van der Waals surface area contributed by atoms with Crippen LogP contribution < -0.4 is 0 Å². The molecule has 0 radical (unpaired) electrons. The predicted molar refractivity (Wildman–Crippen MR) is 231 cm³/mol. The molecule has 0 amide bonds. The van der Waals surface area contributed by atoms with Gasteiger partial charge < -0.3 is 0 Å². The molecule has 0 aliphatic carbocycles. The minimum atomic E-state index is 0.637. The number of benzene rings is 8. The topological polar surface area (TPSA) is 51.6 Å². The van der Waals surface area contributed by atoms with E-state index in [9.17, 15) is 0 Å². The van der Waals surface area contributed by atoms with E-state index in [0.29, 0.717) is 17.5 Å². The van der Waals surface area contributed by atoms with E-state index in [-0.39, 0.29) is 0 Å². The fourth-order valence-electron chi connectivity index (χ4n) is 7.54. The lowest BCUT2D eigenvalue weighted by molar-refractivity contribution is 1.07. The molecular weight excluding hydrogens is 681 g/mol. The van der Waals surface area contributed by atoms with Crippen LogP contribution >= 0.6 is 0 Å². The van der Waals surface area contributed by atoms with Crippen LogP contribution in [0.25, 0.3) is 100 Å². The zero-order chi connectivity index (χ0) is 37.3. The third kappa shape index (κ3) is 6.29. The summed E-state index contributed by atoms with van der Waals surface area (Å²) in [5.74, 6) is 1.93. The minimum absolute atomic E-state index is 0.637. The second-order valence-electron chi connectivity index (χ2n) is 13.8. The number of hydrogen-bond donors (Lipinski definition) is 0. The summed E-state index contributed by atoms with van der Waals surface area (Å²) in [7, 11) is 0. The molecule has 10 rings (SSSR count). The average Bonchev–Trinajstić information content (AvgIpc) is 3.29. The molecule has 2 heterocycles. The van der Waals surface area contributed by atoms with E-state index in [1.807, 2.05) is 60.7 Å². The summed E-state index contributed by atoms with van der Waals surface area (Å²) in [6.07, 6.45) is 0. The standard InChI is InChI=1S/C52H34N4/c1-5-15-37(16-6-1)44-25-14-26-45-48(44)46-34-42(31-32-47(46)53-49(45)38-17-7-2-8-18-38)36-29-27-35(28-30-36)41-23-13-24-43(33-41)52-55-50(39-19-9-3-10-20-39)54-51(56-52)40-21-11-4-12-22-40/h1-34H. The maximum Gasteiger partial charge on any atom is 0.164 e. The summed E-state index contributed by atoms with van der Waals surface area (Å²) < 4.78 is 0. The maximum atomic E-state index is 5.26. The van der Waals surface area contributed by atoms with Crippen molar-refractivity contribution >= 4 is 21.7 Å². The van der Waals surface area contributed by atoms with Gasteiger partial charge in [-0.2, -0.15) is 0 Å². The van der Waals surface area contributed by atoms with Gasteiger partial charge in [0.2, 0.25) is 0 Å². The number of hydrogen-bond acceptors (Lipinski definition) is 4. The largest absolute Gasteiger partial charge is 0.247 e. The summed E-state index contributed by atoms with van der Waals surface area (Å²) >= 11 is 0. The van der Waals surface area contributed by atoms with Gasteiger partial charge in [-0.1, -0.05) is 188 Å². The Morgan fingerprint density at radius 2 is 0.696 bits per heavy atom. The van der Waals surface area contributed by atoms with Crippen LogP contribution in [0.3, 0.4) is 0 Å². The van der Waals surface area contributed by atoms with Gasteiger partial charge in [-0.25, -0.2) is 19.9 Å². The molecule has 0 unspecified atom stereocenters. The fourth-order valence-corrected chi connectivity index (χ4v) is 7.54. The summed E-state index contributed by atoms with van der Waals surface area (Å²) in [5.41, 5.74) is 12.8. The zero-order valence-corrected chi connectivity index (χ0v) is 30.4. The Morgan fingerprint density at radius 1 is 0.250 bits per heavy atom. The van der Waals surface area contributed by atoms with E-state index in [1.165, 1.54) is 16.5 Å². The van der Waals surface area contributed by atoms with E-state index in [0.717, 1.165) is 66.5 Å². The molecule has 0 spiro atoms. The SMILES string of the molecule is c1ccc(-c2nc(-c3ccccc3)nc(-c3cccc(-c4ccc(-c5ccc6nc(-c7ccccc7)c7cccc(-c8ccccc8)c7c6c5)cc4)c3)n2)cc1. The first-order valence-corrected chi connectivity index (χ1v) is 18.8. The van der Waals surface area contributed by atoms with Gasteiger partial charge in [-0.05, 0) is 51.6 Å². The minimum Gasteiger partial charge on any atom is -0.247 e. The number of aromatic nitrogens is 4. The normalized spacial score (nSPS) is 11.2. The number of fused-ring (bicyclic) bond motifs is 3. The van der Waals surface area contributed by atoms with Gasteiger partial charge in [-0.15, -0.1) is 0 Å². The Bertz CT molecular complexity index is 2930. The molecule has 0 atom stereocenters. The molecule has 4 nitrogen and oxygen atoms in total. The lowest BCUT2D eigenvalue weighted by Gasteiger charge is -2.15. The highest BCUT2D eigenvalue weighted by molar-refractivity contribution is 6.17. The maximum absolute atomic E-state index is 5.26. The molecule has 0 aliphatic rings. The Labute approximate surface area is 325 Å². The van der Waals surface area contributed by atoms with E-state index in [4.69, 9.17) is 19.9 Å². The number of rotatable bonds is 7. The number of nitrogens with zero attached hydrogens (tertiary/aromatic N) is 4. The predicted octanol–water partition coefficient (Wildman–Crippen LogP) is 13.2. The molecule has 0 aliphatic heterocycles. The van der Waals surface area contributed by atoms with Gasteiger partial charge >= 0.3 is 0 Å². The van der Waals surface area contributed by atoms with Crippen LogP contribution in [-0.2, 0) is 0 Å². The van der Waals surface area contributed by atoms with Crippen molar-refractivity contribution in [1.29, 1.82) is 0 Å². The van der Waals surface area contributed by atoms with Crippen LogP contribution in [0.4, 0.5) is 0 Å². The van der Waals surface area contributed by atoms with Crippen molar-refractivity contribution in [2.75, 3.05) is 0 Å². The average molecular weight is 715 g/mol. The highest BCUT2D eigenvalue weighted by Crippen LogP contribution is 2.40. The zero-order valence-electron chi connectivity index (χ0n) is 30.4. The molecule has 0 saturated heterocycles. The van der Waals surface area contributed by atoms with Crippen molar-refractivity contribution in [1.82, 2.24) is 19.9 Å². The second-order valence-corrected chi connectivity index (χ2v) is 13.8. The van der Waals surface area contributed by atoms with Crippen molar-refractivity contribution in [3.05, 3.63) is 206 Å². The van der Waals surface area contributed by atoms with Gasteiger partial charge in [-0.3, -0.25) is 0 Å². The van der Waals surface area contributed by atoms with Crippen molar-refractivity contribution in [3.63, 3.8) is 0 Å². The molecule has 0 fully saturated rings. The molecule has 10 aromatic rings. The van der Waals surface area contributed by atoms with Crippen LogP contribution in [0.5, 0.6) is 0 Å². The Kier molecular flexibility index (Phi) is 8.47. The van der Waals surface area contributed by atoms with Crippen LogP contribution in [0.1, 0.15) is 0 Å². The van der Waals surface area contributed by atoms with E-state index < -0.39 is 0 Å². The highest BCUT2D eigenvalue weighted by atomic mass is 15.0. The third-order valence-corrected chi connectivity index (χ3v) is 10.3.